The van der Waals surface area contributed by atoms with Gasteiger partial charge >= 0.3 is 0 Å². The van der Waals surface area contributed by atoms with Crippen LogP contribution in [0.3, 0.4) is 0 Å². The third kappa shape index (κ3) is 4.99. The summed E-state index contributed by atoms with van der Waals surface area (Å²) in [4.78, 5) is 12.2. The van der Waals surface area contributed by atoms with Crippen molar-refractivity contribution in [1.29, 1.82) is 0 Å². The van der Waals surface area contributed by atoms with Gasteiger partial charge in [-0.3, -0.25) is 4.79 Å². The Morgan fingerprint density at radius 3 is 2.38 bits per heavy atom. The number of nitrogens with one attached hydrogen (secondary N) is 1. The Bertz CT molecular complexity index is 454. The number of ether oxygens (including phenoxy) is 1. The molecule has 0 aromatic heterocycles. The molecule has 0 unspecified atom stereocenters. The zero-order valence-electron chi connectivity index (χ0n) is 12.7. The number of rotatable bonds is 5. The van der Waals surface area contributed by atoms with E-state index in [-0.39, 0.29) is 24.4 Å². The number of nitrogens with two attached hydrogens (primary N) is 1. The van der Waals surface area contributed by atoms with Crippen molar-refractivity contribution in [3.63, 3.8) is 0 Å². The Morgan fingerprint density at radius 1 is 1.29 bits per heavy atom. The molecule has 1 aromatic rings. The van der Waals surface area contributed by atoms with Crippen LogP contribution in [0.25, 0.3) is 0 Å². The topological polar surface area (TPSA) is 64.3 Å². The van der Waals surface area contributed by atoms with Gasteiger partial charge < -0.3 is 15.8 Å². The molecule has 1 fully saturated rings. The van der Waals surface area contributed by atoms with E-state index < -0.39 is 5.54 Å². The van der Waals surface area contributed by atoms with E-state index in [2.05, 4.69) is 5.32 Å². The summed E-state index contributed by atoms with van der Waals surface area (Å²) in [6.45, 7) is 4.61. The smallest absolute Gasteiger partial charge is 0.244 e. The van der Waals surface area contributed by atoms with Gasteiger partial charge in [0.25, 0.3) is 0 Å². The first-order chi connectivity index (χ1) is 9.49. The maximum Gasteiger partial charge on any atom is 0.244 e. The average Bonchev–Trinajstić information content (AvgIpc) is 2.86. The van der Waals surface area contributed by atoms with E-state index in [0.717, 1.165) is 36.9 Å². The number of amides is 1. The molecule has 0 heterocycles. The van der Waals surface area contributed by atoms with Gasteiger partial charge in [-0.2, -0.15) is 0 Å². The molecule has 5 heteroatoms. The Morgan fingerprint density at radius 2 is 1.86 bits per heavy atom. The van der Waals surface area contributed by atoms with Gasteiger partial charge in [0.05, 0.1) is 18.2 Å². The minimum Gasteiger partial charge on any atom is -0.374 e. The van der Waals surface area contributed by atoms with Gasteiger partial charge in [-0.1, -0.05) is 25.0 Å². The summed E-state index contributed by atoms with van der Waals surface area (Å²) in [5.41, 5.74) is 7.34. The van der Waals surface area contributed by atoms with E-state index in [1.807, 2.05) is 38.1 Å². The van der Waals surface area contributed by atoms with Crippen LogP contribution in [0.15, 0.2) is 24.3 Å². The molecule has 21 heavy (non-hydrogen) atoms. The summed E-state index contributed by atoms with van der Waals surface area (Å²) in [6.07, 6.45) is 3.84. The molecule has 0 radical (unpaired) electrons. The number of benzene rings is 1. The molecule has 1 aromatic carbocycles. The van der Waals surface area contributed by atoms with E-state index in [0.29, 0.717) is 6.61 Å². The van der Waals surface area contributed by atoms with Crippen LogP contribution in [0, 0.1) is 0 Å². The van der Waals surface area contributed by atoms with Gasteiger partial charge in [-0.15, -0.1) is 12.4 Å². The number of hydrogen-bond donors (Lipinski definition) is 2. The molecule has 0 saturated heterocycles. The summed E-state index contributed by atoms with van der Waals surface area (Å²) in [5, 5.41) is 2.91. The molecular formula is C16H25ClN2O2. The largest absolute Gasteiger partial charge is 0.374 e. The maximum atomic E-state index is 12.2. The number of hydrogen-bond acceptors (Lipinski definition) is 3. The van der Waals surface area contributed by atoms with Crippen molar-refractivity contribution in [2.45, 2.75) is 57.8 Å². The van der Waals surface area contributed by atoms with Crippen LogP contribution < -0.4 is 11.1 Å². The van der Waals surface area contributed by atoms with Crippen molar-refractivity contribution >= 4 is 24.0 Å². The lowest BCUT2D eigenvalue weighted by atomic mass is 9.98. The lowest BCUT2D eigenvalue weighted by molar-refractivity contribution is -0.121. The van der Waals surface area contributed by atoms with Gasteiger partial charge in [0.1, 0.15) is 0 Å². The Hall–Kier alpha value is -1.10. The lowest BCUT2D eigenvalue weighted by Gasteiger charge is -2.22. The third-order valence-electron chi connectivity index (χ3n) is 3.74. The van der Waals surface area contributed by atoms with E-state index in [4.69, 9.17) is 10.5 Å². The van der Waals surface area contributed by atoms with E-state index in [1.54, 1.807) is 0 Å². The van der Waals surface area contributed by atoms with E-state index in [9.17, 15) is 4.79 Å². The van der Waals surface area contributed by atoms with Crippen LogP contribution in [-0.4, -0.2) is 17.6 Å². The van der Waals surface area contributed by atoms with Crippen molar-refractivity contribution < 1.29 is 9.53 Å². The van der Waals surface area contributed by atoms with Crippen molar-refractivity contribution in [3.8, 4) is 0 Å². The standard InChI is InChI=1S/C16H24N2O2.ClH/c1-12(2)20-11-13-5-7-14(8-6-13)18-15(19)16(17)9-3-4-10-16;/h5-8,12H,3-4,9-11,17H2,1-2H3,(H,18,19);1H. The predicted octanol–water partition coefficient (Wildman–Crippen LogP) is 3.24. The maximum absolute atomic E-state index is 12.2. The summed E-state index contributed by atoms with van der Waals surface area (Å²) in [5.74, 6) is -0.0684. The van der Waals surface area contributed by atoms with Crippen molar-refractivity contribution in [1.82, 2.24) is 0 Å². The molecule has 0 bridgehead atoms. The zero-order valence-corrected chi connectivity index (χ0v) is 13.5. The molecule has 4 nitrogen and oxygen atoms in total. The highest BCUT2D eigenvalue weighted by atomic mass is 35.5. The van der Waals surface area contributed by atoms with Crippen molar-refractivity contribution in [2.24, 2.45) is 5.73 Å². The van der Waals surface area contributed by atoms with Gasteiger partial charge in [0.2, 0.25) is 5.91 Å². The highest BCUT2D eigenvalue weighted by molar-refractivity contribution is 5.98. The van der Waals surface area contributed by atoms with E-state index >= 15 is 0 Å². The minimum absolute atomic E-state index is 0. The predicted molar refractivity (Wildman–Crippen MR) is 87.6 cm³/mol. The fraction of sp³-hybridized carbons (Fsp3) is 0.562. The molecule has 1 aliphatic rings. The summed E-state index contributed by atoms with van der Waals surface area (Å²) < 4.78 is 5.54. The molecule has 0 aliphatic heterocycles. The van der Waals surface area contributed by atoms with Crippen LogP contribution in [0.5, 0.6) is 0 Å². The average molecular weight is 313 g/mol. The summed E-state index contributed by atoms with van der Waals surface area (Å²) in [7, 11) is 0. The molecule has 1 amide bonds. The second-order valence-corrected chi connectivity index (χ2v) is 5.87. The first-order valence-corrected chi connectivity index (χ1v) is 7.30. The second kappa shape index (κ2) is 7.78. The zero-order chi connectivity index (χ0) is 14.6. The highest BCUT2D eigenvalue weighted by Gasteiger charge is 2.36. The monoisotopic (exact) mass is 312 g/mol. The highest BCUT2D eigenvalue weighted by Crippen LogP contribution is 2.28. The molecule has 2 rings (SSSR count). The number of halogens is 1. The molecule has 118 valence electrons. The number of carbonyl (C=O) groups excluding carboxylic acids is 1. The normalized spacial score (nSPS) is 16.6. The van der Waals surface area contributed by atoms with Crippen LogP contribution >= 0.6 is 12.4 Å². The Balaban J connectivity index is 0.00000220. The van der Waals surface area contributed by atoms with Gasteiger partial charge in [0.15, 0.2) is 0 Å². The molecule has 3 N–H and O–H groups in total. The Kier molecular flexibility index (Phi) is 6.65. The first kappa shape index (κ1) is 18.0. The Labute approximate surface area is 132 Å². The van der Waals surface area contributed by atoms with Gasteiger partial charge in [-0.25, -0.2) is 0 Å². The summed E-state index contributed by atoms with van der Waals surface area (Å²) >= 11 is 0. The minimum atomic E-state index is -0.681. The van der Waals surface area contributed by atoms with Crippen LogP contribution in [0.2, 0.25) is 0 Å². The van der Waals surface area contributed by atoms with Crippen LogP contribution in [0.1, 0.15) is 45.1 Å². The third-order valence-corrected chi connectivity index (χ3v) is 3.74. The fourth-order valence-corrected chi connectivity index (χ4v) is 2.44. The molecular weight excluding hydrogens is 288 g/mol. The van der Waals surface area contributed by atoms with Crippen molar-refractivity contribution in [2.75, 3.05) is 5.32 Å². The van der Waals surface area contributed by atoms with Gasteiger partial charge in [0, 0.05) is 5.69 Å². The SMILES string of the molecule is CC(C)OCc1ccc(NC(=O)C2(N)CCCC2)cc1.Cl. The quantitative estimate of drug-likeness (QED) is 0.877. The van der Waals surface area contributed by atoms with Crippen LogP contribution in [-0.2, 0) is 16.1 Å². The second-order valence-electron chi connectivity index (χ2n) is 5.87. The summed E-state index contributed by atoms with van der Waals surface area (Å²) in [6, 6.07) is 7.73. The molecule has 1 aliphatic carbocycles. The first-order valence-electron chi connectivity index (χ1n) is 7.30. The van der Waals surface area contributed by atoms with Crippen LogP contribution in [0.4, 0.5) is 5.69 Å². The molecule has 1 saturated carbocycles. The lowest BCUT2D eigenvalue weighted by Crippen LogP contribution is -2.48. The molecule has 0 atom stereocenters. The van der Waals surface area contributed by atoms with Crippen molar-refractivity contribution in [3.05, 3.63) is 29.8 Å². The molecule has 0 spiro atoms. The van der Waals surface area contributed by atoms with Gasteiger partial charge in [-0.05, 0) is 44.4 Å². The number of carbonyl (C=O) groups is 1. The number of anilines is 1. The van der Waals surface area contributed by atoms with E-state index in [1.165, 1.54) is 0 Å². The fourth-order valence-electron chi connectivity index (χ4n) is 2.44.